The Morgan fingerprint density at radius 2 is 1.10 bits per heavy atom. The Morgan fingerprint density at radius 1 is 0.750 bits per heavy atom. The van der Waals surface area contributed by atoms with E-state index in [2.05, 4.69) is 89.2 Å². The molecule has 0 heterocycles. The number of hydrogen-bond acceptors (Lipinski definition) is 2. The molecule has 0 unspecified atom stereocenters. The molecule has 0 atom stereocenters. The summed E-state index contributed by atoms with van der Waals surface area (Å²) in [6.45, 7) is 0. The first kappa shape index (κ1) is 16.8. The van der Waals surface area contributed by atoms with E-state index < -0.39 is 0 Å². The van der Waals surface area contributed by atoms with E-state index >= 15 is 0 Å². The minimum atomic E-state index is 0.818. The molecular weight excluding hydrogens is 614 g/mol. The van der Waals surface area contributed by atoms with Crippen LogP contribution < -0.4 is 9.47 Å². The van der Waals surface area contributed by atoms with Crippen molar-refractivity contribution in [2.75, 3.05) is 14.2 Å². The maximum Gasteiger partial charge on any atom is 0.133 e. The smallest absolute Gasteiger partial charge is 0.133 e. The van der Waals surface area contributed by atoms with Crippen LogP contribution in [-0.2, 0) is 0 Å². The van der Waals surface area contributed by atoms with Crippen LogP contribution in [0.3, 0.4) is 0 Å². The Labute approximate surface area is 162 Å². The van der Waals surface area contributed by atoms with Crippen molar-refractivity contribution >= 4 is 77.0 Å². The second-order valence-corrected chi connectivity index (χ2v) is 7.97. The summed E-state index contributed by atoms with van der Waals surface area (Å²) in [6.07, 6.45) is 0. The topological polar surface area (TPSA) is 18.5 Å². The number of rotatable bonds is 3. The molecule has 2 aromatic carbocycles. The molecule has 2 nitrogen and oxygen atoms in total. The van der Waals surface area contributed by atoms with Crippen LogP contribution in [0.15, 0.2) is 33.2 Å². The van der Waals surface area contributed by atoms with Crippen molar-refractivity contribution in [3.8, 4) is 22.6 Å². The zero-order chi connectivity index (χ0) is 14.9. The molecule has 20 heavy (non-hydrogen) atoms. The molecule has 0 aliphatic heterocycles. The molecule has 2 aromatic rings. The molecule has 0 fully saturated rings. The van der Waals surface area contributed by atoms with E-state index in [0.29, 0.717) is 0 Å². The molecule has 2 rings (SSSR count). The van der Waals surface area contributed by atoms with Crippen LogP contribution in [0, 0.1) is 7.14 Å². The second kappa shape index (κ2) is 7.15. The summed E-state index contributed by atoms with van der Waals surface area (Å²) in [5, 5.41) is 0. The molecule has 0 aliphatic carbocycles. The van der Waals surface area contributed by atoms with Gasteiger partial charge in [-0.15, -0.1) is 0 Å². The summed E-state index contributed by atoms with van der Waals surface area (Å²) < 4.78 is 15.0. The summed E-state index contributed by atoms with van der Waals surface area (Å²) in [5.41, 5.74) is 2.25. The van der Waals surface area contributed by atoms with Crippen molar-refractivity contribution in [3.05, 3.63) is 40.4 Å². The summed E-state index contributed by atoms with van der Waals surface area (Å²) in [5.74, 6) is 1.64. The Hall–Kier alpha value is 0.460. The van der Waals surface area contributed by atoms with Crippen molar-refractivity contribution < 1.29 is 9.47 Å². The lowest BCUT2D eigenvalue weighted by Crippen LogP contribution is -1.93. The van der Waals surface area contributed by atoms with Gasteiger partial charge in [0.2, 0.25) is 0 Å². The Kier molecular flexibility index (Phi) is 6.01. The summed E-state index contributed by atoms with van der Waals surface area (Å²) in [6, 6.07) is 8.19. The minimum absolute atomic E-state index is 0.818. The van der Waals surface area contributed by atoms with E-state index in [1.54, 1.807) is 14.2 Å². The van der Waals surface area contributed by atoms with E-state index in [1.807, 2.05) is 12.1 Å². The van der Waals surface area contributed by atoms with Crippen LogP contribution in [0.2, 0.25) is 0 Å². The van der Waals surface area contributed by atoms with Crippen LogP contribution in [0.4, 0.5) is 0 Å². The summed E-state index contributed by atoms with van der Waals surface area (Å²) in [7, 11) is 3.34. The SMILES string of the molecule is COc1cc(-c2cc(OC)c(Br)cc2I)c(I)cc1Br. The number of methoxy groups -OCH3 is 2. The minimum Gasteiger partial charge on any atom is -0.496 e. The van der Waals surface area contributed by atoms with Gasteiger partial charge in [0.25, 0.3) is 0 Å². The monoisotopic (exact) mass is 622 g/mol. The van der Waals surface area contributed by atoms with Crippen molar-refractivity contribution in [2.45, 2.75) is 0 Å². The molecule has 0 saturated heterocycles. The van der Waals surface area contributed by atoms with Gasteiger partial charge in [0, 0.05) is 7.14 Å². The van der Waals surface area contributed by atoms with Crippen molar-refractivity contribution in [1.29, 1.82) is 0 Å². The zero-order valence-corrected chi connectivity index (χ0v) is 18.1. The van der Waals surface area contributed by atoms with Gasteiger partial charge in [-0.25, -0.2) is 0 Å². The fourth-order valence-corrected chi connectivity index (χ4v) is 5.17. The molecule has 0 N–H and O–H groups in total. The number of benzene rings is 2. The number of ether oxygens (including phenoxy) is 2. The number of hydrogen-bond donors (Lipinski definition) is 0. The zero-order valence-electron chi connectivity index (χ0n) is 10.6. The largest absolute Gasteiger partial charge is 0.496 e. The van der Waals surface area contributed by atoms with E-state index in [-0.39, 0.29) is 0 Å². The van der Waals surface area contributed by atoms with Gasteiger partial charge in [0.1, 0.15) is 11.5 Å². The van der Waals surface area contributed by atoms with Crippen molar-refractivity contribution in [2.24, 2.45) is 0 Å². The third-order valence-electron chi connectivity index (χ3n) is 2.77. The fraction of sp³-hybridized carbons (Fsp3) is 0.143. The highest BCUT2D eigenvalue weighted by Gasteiger charge is 2.14. The fourth-order valence-electron chi connectivity index (χ4n) is 1.78. The van der Waals surface area contributed by atoms with Gasteiger partial charge in [-0.05, 0) is 112 Å². The lowest BCUT2D eigenvalue weighted by Gasteiger charge is -2.13. The van der Waals surface area contributed by atoms with Crippen molar-refractivity contribution in [3.63, 3.8) is 0 Å². The van der Waals surface area contributed by atoms with Gasteiger partial charge in [-0.1, -0.05) is 0 Å². The van der Waals surface area contributed by atoms with Crippen LogP contribution in [0.25, 0.3) is 11.1 Å². The first-order valence-electron chi connectivity index (χ1n) is 5.54. The molecular formula is C14H10Br2I2O2. The van der Waals surface area contributed by atoms with Crippen LogP contribution in [0.5, 0.6) is 11.5 Å². The molecule has 0 aliphatic rings. The lowest BCUT2D eigenvalue weighted by molar-refractivity contribution is 0.411. The van der Waals surface area contributed by atoms with Gasteiger partial charge in [-0.3, -0.25) is 0 Å². The van der Waals surface area contributed by atoms with E-state index in [0.717, 1.165) is 38.7 Å². The molecule has 0 amide bonds. The van der Waals surface area contributed by atoms with Crippen LogP contribution in [0.1, 0.15) is 0 Å². The van der Waals surface area contributed by atoms with Gasteiger partial charge in [0.05, 0.1) is 23.2 Å². The lowest BCUT2D eigenvalue weighted by atomic mass is 10.1. The normalized spacial score (nSPS) is 10.5. The Morgan fingerprint density at radius 3 is 1.40 bits per heavy atom. The second-order valence-electron chi connectivity index (χ2n) is 3.93. The molecule has 0 saturated carbocycles. The number of halogens is 4. The average molecular weight is 624 g/mol. The maximum absolute atomic E-state index is 5.39. The highest BCUT2D eigenvalue weighted by molar-refractivity contribution is 14.1. The van der Waals surface area contributed by atoms with E-state index in [9.17, 15) is 0 Å². The Bertz CT molecular complexity index is 603. The van der Waals surface area contributed by atoms with E-state index in [1.165, 1.54) is 0 Å². The van der Waals surface area contributed by atoms with E-state index in [4.69, 9.17) is 9.47 Å². The predicted molar refractivity (Wildman–Crippen MR) is 106 cm³/mol. The molecule has 6 heteroatoms. The molecule has 0 radical (unpaired) electrons. The predicted octanol–water partition coefficient (Wildman–Crippen LogP) is 6.11. The standard InChI is InChI=1S/C14H10Br2I2O2/c1-19-13-3-7(11(17)5-9(13)15)8-4-14(20-2)10(16)6-12(8)18/h3-6H,1-2H3. The van der Waals surface area contributed by atoms with Crippen LogP contribution in [-0.4, -0.2) is 14.2 Å². The summed E-state index contributed by atoms with van der Waals surface area (Å²) >= 11 is 11.7. The van der Waals surface area contributed by atoms with Gasteiger partial charge >= 0.3 is 0 Å². The molecule has 0 spiro atoms. The maximum atomic E-state index is 5.39. The van der Waals surface area contributed by atoms with Crippen molar-refractivity contribution in [1.82, 2.24) is 0 Å². The molecule has 0 bridgehead atoms. The van der Waals surface area contributed by atoms with Gasteiger partial charge < -0.3 is 9.47 Å². The first-order chi connectivity index (χ1) is 9.47. The Balaban J connectivity index is 2.67. The highest BCUT2D eigenvalue weighted by Crippen LogP contribution is 2.40. The quantitative estimate of drug-likeness (QED) is 0.385. The first-order valence-corrected chi connectivity index (χ1v) is 9.28. The molecule has 106 valence electrons. The third kappa shape index (κ3) is 3.44. The van der Waals surface area contributed by atoms with Gasteiger partial charge in [0.15, 0.2) is 0 Å². The van der Waals surface area contributed by atoms with Gasteiger partial charge in [-0.2, -0.15) is 0 Å². The third-order valence-corrected chi connectivity index (χ3v) is 5.80. The van der Waals surface area contributed by atoms with Crippen LogP contribution >= 0.6 is 77.0 Å². The molecule has 0 aromatic heterocycles. The summed E-state index contributed by atoms with van der Waals surface area (Å²) in [4.78, 5) is 0. The highest BCUT2D eigenvalue weighted by atomic mass is 127. The average Bonchev–Trinajstić information content (AvgIpc) is 2.40.